The van der Waals surface area contributed by atoms with Crippen molar-refractivity contribution >= 4 is 0 Å². The second-order valence-electron chi connectivity index (χ2n) is 5.14. The Kier molecular flexibility index (Phi) is 5.18. The van der Waals surface area contributed by atoms with Crippen LogP contribution < -0.4 is 10.1 Å². The molecule has 1 heterocycles. The van der Waals surface area contributed by atoms with Crippen molar-refractivity contribution in [1.82, 2.24) is 5.32 Å². The van der Waals surface area contributed by atoms with E-state index in [1.807, 2.05) is 6.07 Å². The van der Waals surface area contributed by atoms with Gasteiger partial charge in [0.05, 0.1) is 6.26 Å². The number of nitrogens with one attached hydrogen (secondary N) is 1. The molecule has 2 aromatic rings. The predicted molar refractivity (Wildman–Crippen MR) is 76.0 cm³/mol. The fourth-order valence-electron chi connectivity index (χ4n) is 1.83. The van der Waals surface area contributed by atoms with Gasteiger partial charge in [-0.2, -0.15) is 0 Å². The number of hydrogen-bond acceptors (Lipinski definition) is 3. The molecule has 4 heteroatoms. The van der Waals surface area contributed by atoms with E-state index in [1.54, 1.807) is 18.4 Å². The largest absolute Gasteiger partial charge is 0.486 e. The van der Waals surface area contributed by atoms with Crippen LogP contribution in [0.25, 0.3) is 0 Å². The maximum Gasteiger partial charge on any atom is 0.146 e. The molecule has 0 unspecified atom stereocenters. The lowest BCUT2D eigenvalue weighted by Crippen LogP contribution is -2.19. The lowest BCUT2D eigenvalue weighted by atomic mass is 10.2. The molecule has 1 N–H and O–H groups in total. The minimum Gasteiger partial charge on any atom is -0.486 e. The highest BCUT2D eigenvalue weighted by atomic mass is 19.1. The summed E-state index contributed by atoms with van der Waals surface area (Å²) in [6.45, 7) is 6.40. The van der Waals surface area contributed by atoms with Crippen molar-refractivity contribution in [3.05, 3.63) is 53.7 Å². The van der Waals surface area contributed by atoms with Crippen LogP contribution in [0.2, 0.25) is 0 Å². The highest BCUT2D eigenvalue weighted by Crippen LogP contribution is 2.16. The van der Waals surface area contributed by atoms with E-state index in [4.69, 9.17) is 9.15 Å². The quantitative estimate of drug-likeness (QED) is 0.837. The summed E-state index contributed by atoms with van der Waals surface area (Å²) >= 11 is 0. The molecule has 0 atom stereocenters. The smallest absolute Gasteiger partial charge is 0.146 e. The molecular formula is C16H20FNO2. The average Bonchev–Trinajstić information content (AvgIpc) is 2.85. The zero-order valence-electron chi connectivity index (χ0n) is 11.9. The molecule has 0 saturated heterocycles. The number of furan rings is 1. The van der Waals surface area contributed by atoms with Gasteiger partial charge in [-0.05, 0) is 42.8 Å². The van der Waals surface area contributed by atoms with Crippen molar-refractivity contribution in [1.29, 1.82) is 0 Å². The first-order valence-corrected chi connectivity index (χ1v) is 6.79. The minimum atomic E-state index is -0.270. The van der Waals surface area contributed by atoms with Gasteiger partial charge in [-0.25, -0.2) is 4.39 Å². The Hall–Kier alpha value is -1.81. The predicted octanol–water partition coefficient (Wildman–Crippen LogP) is 3.74. The number of halogens is 1. The third-order valence-corrected chi connectivity index (χ3v) is 2.89. The van der Waals surface area contributed by atoms with Crippen molar-refractivity contribution < 1.29 is 13.5 Å². The van der Waals surface area contributed by atoms with E-state index in [2.05, 4.69) is 19.2 Å². The van der Waals surface area contributed by atoms with E-state index < -0.39 is 0 Å². The van der Waals surface area contributed by atoms with Gasteiger partial charge in [-0.15, -0.1) is 0 Å². The van der Waals surface area contributed by atoms with Gasteiger partial charge in [0.2, 0.25) is 0 Å². The van der Waals surface area contributed by atoms with Crippen LogP contribution in [-0.4, -0.2) is 6.54 Å². The van der Waals surface area contributed by atoms with Gasteiger partial charge in [0.1, 0.15) is 23.9 Å². The summed E-state index contributed by atoms with van der Waals surface area (Å²) in [5.41, 5.74) is 1.09. The zero-order chi connectivity index (χ0) is 14.4. The van der Waals surface area contributed by atoms with Gasteiger partial charge in [-0.1, -0.05) is 13.8 Å². The SMILES string of the molecule is CC(C)CNCc1ccoc1COc1ccc(F)cc1. The Labute approximate surface area is 118 Å². The highest BCUT2D eigenvalue weighted by Gasteiger charge is 2.07. The molecule has 0 aliphatic heterocycles. The summed E-state index contributed by atoms with van der Waals surface area (Å²) in [6.07, 6.45) is 1.66. The molecule has 108 valence electrons. The van der Waals surface area contributed by atoms with Crippen molar-refractivity contribution in [2.24, 2.45) is 5.92 Å². The van der Waals surface area contributed by atoms with Crippen LogP contribution >= 0.6 is 0 Å². The Balaban J connectivity index is 1.86. The molecule has 0 aliphatic rings. The molecule has 0 fully saturated rings. The molecule has 20 heavy (non-hydrogen) atoms. The number of rotatable bonds is 7. The van der Waals surface area contributed by atoms with Gasteiger partial charge in [0.15, 0.2) is 0 Å². The summed E-state index contributed by atoms with van der Waals surface area (Å²) in [7, 11) is 0. The Morgan fingerprint density at radius 1 is 1.20 bits per heavy atom. The maximum atomic E-state index is 12.8. The van der Waals surface area contributed by atoms with E-state index in [1.165, 1.54) is 12.1 Å². The molecule has 0 aliphatic carbocycles. The van der Waals surface area contributed by atoms with Crippen LogP contribution in [0, 0.1) is 11.7 Å². The second kappa shape index (κ2) is 7.10. The zero-order valence-corrected chi connectivity index (χ0v) is 11.9. The fraction of sp³-hybridized carbons (Fsp3) is 0.375. The molecule has 3 nitrogen and oxygen atoms in total. The highest BCUT2D eigenvalue weighted by molar-refractivity contribution is 5.23. The van der Waals surface area contributed by atoms with Crippen molar-refractivity contribution in [3.63, 3.8) is 0 Å². The van der Waals surface area contributed by atoms with E-state index in [9.17, 15) is 4.39 Å². The topological polar surface area (TPSA) is 34.4 Å². The van der Waals surface area contributed by atoms with Crippen molar-refractivity contribution in [2.75, 3.05) is 6.54 Å². The van der Waals surface area contributed by atoms with Crippen LogP contribution in [0.4, 0.5) is 4.39 Å². The van der Waals surface area contributed by atoms with Crippen LogP contribution in [0.5, 0.6) is 5.75 Å². The van der Waals surface area contributed by atoms with Gasteiger partial charge in [-0.3, -0.25) is 0 Å². The summed E-state index contributed by atoms with van der Waals surface area (Å²) < 4.78 is 23.8. The molecule has 0 bridgehead atoms. The Morgan fingerprint density at radius 2 is 1.95 bits per heavy atom. The Morgan fingerprint density at radius 3 is 2.65 bits per heavy atom. The second-order valence-corrected chi connectivity index (χ2v) is 5.14. The third kappa shape index (κ3) is 4.38. The van der Waals surface area contributed by atoms with E-state index in [0.717, 1.165) is 24.4 Å². The molecule has 2 rings (SSSR count). The Bertz CT molecular complexity index is 520. The van der Waals surface area contributed by atoms with Crippen LogP contribution in [-0.2, 0) is 13.2 Å². The molecular weight excluding hydrogens is 257 g/mol. The fourth-order valence-corrected chi connectivity index (χ4v) is 1.83. The standard InChI is InChI=1S/C16H20FNO2/c1-12(2)9-18-10-13-7-8-19-16(13)11-20-15-5-3-14(17)4-6-15/h3-8,12,18H,9-11H2,1-2H3. The molecule has 0 radical (unpaired) electrons. The van der Waals surface area contributed by atoms with Gasteiger partial charge >= 0.3 is 0 Å². The summed E-state index contributed by atoms with van der Waals surface area (Å²) in [4.78, 5) is 0. The molecule has 0 saturated carbocycles. The third-order valence-electron chi connectivity index (χ3n) is 2.89. The summed E-state index contributed by atoms with van der Waals surface area (Å²) in [5, 5.41) is 3.37. The summed E-state index contributed by atoms with van der Waals surface area (Å²) in [6, 6.07) is 7.91. The van der Waals surface area contributed by atoms with Gasteiger partial charge in [0, 0.05) is 12.1 Å². The van der Waals surface area contributed by atoms with E-state index in [-0.39, 0.29) is 5.82 Å². The van der Waals surface area contributed by atoms with E-state index >= 15 is 0 Å². The minimum absolute atomic E-state index is 0.270. The first-order valence-electron chi connectivity index (χ1n) is 6.79. The summed E-state index contributed by atoms with van der Waals surface area (Å²) in [5.74, 6) is 1.77. The first-order chi connectivity index (χ1) is 9.65. The lowest BCUT2D eigenvalue weighted by Gasteiger charge is -2.08. The average molecular weight is 277 g/mol. The van der Waals surface area contributed by atoms with Crippen LogP contribution in [0.1, 0.15) is 25.2 Å². The van der Waals surface area contributed by atoms with Crippen molar-refractivity contribution in [2.45, 2.75) is 27.0 Å². The first kappa shape index (κ1) is 14.6. The van der Waals surface area contributed by atoms with Gasteiger partial charge < -0.3 is 14.5 Å². The maximum absolute atomic E-state index is 12.8. The van der Waals surface area contributed by atoms with Crippen LogP contribution in [0.3, 0.4) is 0 Å². The molecule has 0 spiro atoms. The molecule has 0 amide bonds. The number of benzene rings is 1. The monoisotopic (exact) mass is 277 g/mol. The van der Waals surface area contributed by atoms with E-state index in [0.29, 0.717) is 18.3 Å². The van der Waals surface area contributed by atoms with Crippen molar-refractivity contribution in [3.8, 4) is 5.75 Å². The lowest BCUT2D eigenvalue weighted by molar-refractivity contribution is 0.267. The van der Waals surface area contributed by atoms with Crippen LogP contribution in [0.15, 0.2) is 41.0 Å². The normalized spacial score (nSPS) is 11.0. The molecule has 1 aromatic carbocycles. The number of hydrogen-bond donors (Lipinski definition) is 1. The molecule has 1 aromatic heterocycles. The number of ether oxygens (including phenoxy) is 1. The van der Waals surface area contributed by atoms with Gasteiger partial charge in [0.25, 0.3) is 0 Å².